The van der Waals surface area contributed by atoms with Gasteiger partial charge in [-0.2, -0.15) is 10.2 Å². The number of hydrazone groups is 1. The highest BCUT2D eigenvalue weighted by molar-refractivity contribution is 5.79. The van der Waals surface area contributed by atoms with E-state index in [4.69, 9.17) is 0 Å². The van der Waals surface area contributed by atoms with Crippen LogP contribution < -0.4 is 5.43 Å². The number of rotatable bonds is 2. The molecule has 0 saturated carbocycles. The zero-order chi connectivity index (χ0) is 13.0. The maximum absolute atomic E-state index is 4.38. The Morgan fingerprint density at radius 2 is 1.78 bits per heavy atom. The Hall–Kier alpha value is -1.45. The van der Waals surface area contributed by atoms with Crippen molar-refractivity contribution in [3.63, 3.8) is 0 Å². The first-order valence-corrected chi connectivity index (χ1v) is 6.80. The van der Waals surface area contributed by atoms with Gasteiger partial charge in [-0.05, 0) is 52.0 Å². The number of nitrogens with one attached hydrogen (secondary N) is 1. The maximum atomic E-state index is 4.38. The van der Waals surface area contributed by atoms with Crippen LogP contribution >= 0.6 is 0 Å². The summed E-state index contributed by atoms with van der Waals surface area (Å²) in [7, 11) is 0. The Labute approximate surface area is 109 Å². The first kappa shape index (κ1) is 13.0. The van der Waals surface area contributed by atoms with E-state index >= 15 is 0 Å². The van der Waals surface area contributed by atoms with Gasteiger partial charge in [-0.1, -0.05) is 12.8 Å². The van der Waals surface area contributed by atoms with E-state index in [9.17, 15) is 0 Å². The SMILES string of the molecule is CC(C)=NNc1nnc2c(c1C)CCCCCC2. The lowest BCUT2D eigenvalue weighted by Crippen LogP contribution is -2.10. The Bertz CT molecular complexity index is 447. The van der Waals surface area contributed by atoms with Crippen molar-refractivity contribution in [2.45, 2.75) is 59.3 Å². The van der Waals surface area contributed by atoms with E-state index in [1.54, 1.807) is 0 Å². The van der Waals surface area contributed by atoms with Crippen LogP contribution in [0.5, 0.6) is 0 Å². The van der Waals surface area contributed by atoms with Crippen molar-refractivity contribution in [3.05, 3.63) is 16.8 Å². The summed E-state index contributed by atoms with van der Waals surface area (Å²) < 4.78 is 0. The fourth-order valence-corrected chi connectivity index (χ4v) is 2.36. The molecular weight excluding hydrogens is 224 g/mol. The molecule has 0 radical (unpaired) electrons. The number of hydrogen-bond donors (Lipinski definition) is 1. The van der Waals surface area contributed by atoms with Gasteiger partial charge in [-0.3, -0.25) is 5.43 Å². The molecule has 1 heterocycles. The molecule has 1 aliphatic carbocycles. The molecule has 0 aromatic carbocycles. The Kier molecular flexibility index (Phi) is 4.28. The standard InChI is InChI=1S/C14H22N4/c1-10(2)15-17-14-11(3)12-8-6-4-5-7-9-13(12)16-18-14/h4-9H2,1-3H3,(H,17,18). The topological polar surface area (TPSA) is 50.2 Å². The molecule has 0 saturated heterocycles. The van der Waals surface area contributed by atoms with E-state index in [2.05, 4.69) is 27.6 Å². The third kappa shape index (κ3) is 3.06. The molecule has 4 nitrogen and oxygen atoms in total. The average Bonchev–Trinajstić information content (AvgIpc) is 2.29. The third-order valence-corrected chi connectivity index (χ3v) is 3.40. The number of aryl methyl sites for hydroxylation is 1. The molecule has 0 spiro atoms. The van der Waals surface area contributed by atoms with E-state index in [-0.39, 0.29) is 0 Å². The van der Waals surface area contributed by atoms with Crippen molar-refractivity contribution in [1.82, 2.24) is 10.2 Å². The first-order chi connectivity index (χ1) is 8.68. The smallest absolute Gasteiger partial charge is 0.172 e. The van der Waals surface area contributed by atoms with Crippen molar-refractivity contribution in [1.29, 1.82) is 0 Å². The molecule has 1 N–H and O–H groups in total. The monoisotopic (exact) mass is 246 g/mol. The number of fused-ring (bicyclic) bond motifs is 1. The zero-order valence-corrected chi connectivity index (χ0v) is 11.6. The third-order valence-electron chi connectivity index (χ3n) is 3.40. The number of nitrogens with zero attached hydrogens (tertiary/aromatic N) is 3. The van der Waals surface area contributed by atoms with Crippen LogP contribution in [-0.4, -0.2) is 15.9 Å². The molecule has 0 fully saturated rings. The highest BCUT2D eigenvalue weighted by Gasteiger charge is 2.14. The molecule has 0 atom stereocenters. The highest BCUT2D eigenvalue weighted by atomic mass is 15.3. The second kappa shape index (κ2) is 5.94. The molecule has 0 aliphatic heterocycles. The molecule has 2 rings (SSSR count). The van der Waals surface area contributed by atoms with E-state index in [1.165, 1.54) is 42.5 Å². The second-order valence-corrected chi connectivity index (χ2v) is 5.18. The molecule has 1 aromatic rings. The minimum Gasteiger partial charge on any atom is -0.260 e. The molecule has 0 bridgehead atoms. The van der Waals surface area contributed by atoms with E-state index in [0.29, 0.717) is 0 Å². The fourth-order valence-electron chi connectivity index (χ4n) is 2.36. The van der Waals surface area contributed by atoms with Crippen LogP contribution in [0.2, 0.25) is 0 Å². The summed E-state index contributed by atoms with van der Waals surface area (Å²) in [5.41, 5.74) is 7.79. The van der Waals surface area contributed by atoms with Gasteiger partial charge in [0.2, 0.25) is 0 Å². The largest absolute Gasteiger partial charge is 0.260 e. The predicted octanol–water partition coefficient (Wildman–Crippen LogP) is 3.25. The van der Waals surface area contributed by atoms with Gasteiger partial charge in [0.05, 0.1) is 5.69 Å². The molecule has 0 unspecified atom stereocenters. The van der Waals surface area contributed by atoms with Gasteiger partial charge in [0.15, 0.2) is 5.82 Å². The Morgan fingerprint density at radius 3 is 2.50 bits per heavy atom. The van der Waals surface area contributed by atoms with E-state index in [0.717, 1.165) is 24.4 Å². The predicted molar refractivity (Wildman–Crippen MR) is 75.1 cm³/mol. The number of hydrogen-bond acceptors (Lipinski definition) is 4. The lowest BCUT2D eigenvalue weighted by Gasteiger charge is -2.16. The van der Waals surface area contributed by atoms with Gasteiger partial charge in [0, 0.05) is 11.3 Å². The fraction of sp³-hybridized carbons (Fsp3) is 0.643. The van der Waals surface area contributed by atoms with Gasteiger partial charge in [-0.25, -0.2) is 0 Å². The zero-order valence-electron chi connectivity index (χ0n) is 11.6. The van der Waals surface area contributed by atoms with E-state index in [1.807, 2.05) is 13.8 Å². The second-order valence-electron chi connectivity index (χ2n) is 5.18. The summed E-state index contributed by atoms with van der Waals surface area (Å²) in [5.74, 6) is 0.801. The summed E-state index contributed by atoms with van der Waals surface area (Å²) in [6.45, 7) is 6.05. The minimum absolute atomic E-state index is 0.801. The molecule has 0 amide bonds. The summed E-state index contributed by atoms with van der Waals surface area (Å²) in [6, 6.07) is 0. The van der Waals surface area contributed by atoms with Crippen LogP contribution in [0, 0.1) is 6.92 Å². The molecule has 18 heavy (non-hydrogen) atoms. The van der Waals surface area contributed by atoms with Crippen molar-refractivity contribution in [3.8, 4) is 0 Å². The van der Waals surface area contributed by atoms with Crippen LogP contribution in [0.3, 0.4) is 0 Å². The maximum Gasteiger partial charge on any atom is 0.172 e. The molecular formula is C14H22N4. The lowest BCUT2D eigenvalue weighted by atomic mass is 9.95. The van der Waals surface area contributed by atoms with E-state index < -0.39 is 0 Å². The summed E-state index contributed by atoms with van der Waals surface area (Å²) in [5, 5.41) is 12.9. The number of aromatic nitrogens is 2. The normalized spacial score (nSPS) is 15.3. The van der Waals surface area contributed by atoms with Gasteiger partial charge < -0.3 is 0 Å². The lowest BCUT2D eigenvalue weighted by molar-refractivity contribution is 0.601. The van der Waals surface area contributed by atoms with Gasteiger partial charge in [0.25, 0.3) is 0 Å². The highest BCUT2D eigenvalue weighted by Crippen LogP contribution is 2.24. The van der Waals surface area contributed by atoms with Crippen LogP contribution in [-0.2, 0) is 12.8 Å². The van der Waals surface area contributed by atoms with Crippen LogP contribution in [0.25, 0.3) is 0 Å². The molecule has 4 heteroatoms. The Morgan fingerprint density at radius 1 is 1.06 bits per heavy atom. The molecule has 98 valence electrons. The average molecular weight is 246 g/mol. The quantitative estimate of drug-likeness (QED) is 0.643. The van der Waals surface area contributed by atoms with Crippen LogP contribution in [0.4, 0.5) is 5.82 Å². The minimum atomic E-state index is 0.801. The van der Waals surface area contributed by atoms with Crippen molar-refractivity contribution < 1.29 is 0 Å². The van der Waals surface area contributed by atoms with Gasteiger partial charge in [0.1, 0.15) is 0 Å². The summed E-state index contributed by atoms with van der Waals surface area (Å²) >= 11 is 0. The number of anilines is 1. The van der Waals surface area contributed by atoms with Gasteiger partial charge in [-0.15, -0.1) is 5.10 Å². The summed E-state index contributed by atoms with van der Waals surface area (Å²) in [4.78, 5) is 0. The van der Waals surface area contributed by atoms with Crippen molar-refractivity contribution in [2.75, 3.05) is 5.43 Å². The first-order valence-electron chi connectivity index (χ1n) is 6.80. The van der Waals surface area contributed by atoms with Gasteiger partial charge >= 0.3 is 0 Å². The van der Waals surface area contributed by atoms with Crippen molar-refractivity contribution >= 4 is 11.5 Å². The van der Waals surface area contributed by atoms with Crippen molar-refractivity contribution in [2.24, 2.45) is 5.10 Å². The Balaban J connectivity index is 2.29. The van der Waals surface area contributed by atoms with Crippen LogP contribution in [0.15, 0.2) is 5.10 Å². The van der Waals surface area contributed by atoms with Crippen LogP contribution in [0.1, 0.15) is 56.4 Å². The summed E-state index contributed by atoms with van der Waals surface area (Å²) in [6.07, 6.45) is 7.34. The molecule has 1 aliphatic rings. The molecule has 1 aromatic heterocycles.